The second-order valence-corrected chi connectivity index (χ2v) is 20.7. The summed E-state index contributed by atoms with van der Waals surface area (Å²) < 4.78 is 42.7. The minimum Gasteiger partial charge on any atom is -0.485 e. The Kier molecular flexibility index (Phi) is 7.43. The zero-order chi connectivity index (χ0) is 35.3. The second-order valence-electron chi connectivity index (χ2n) is 16.0. The number of pyridine rings is 2. The number of nitrogens with zero attached hydrogens (tertiary/aromatic N) is 5. The molecule has 0 radical (unpaired) electrons. The lowest BCUT2D eigenvalue weighted by molar-refractivity contribution is 0.0574. The highest BCUT2D eigenvalue weighted by molar-refractivity contribution is 6.74. The molecule has 0 spiro atoms. The summed E-state index contributed by atoms with van der Waals surface area (Å²) in [6, 6.07) is 8.60. The first kappa shape index (κ1) is 33.0. The Hall–Kier alpha value is -4.47. The summed E-state index contributed by atoms with van der Waals surface area (Å²) in [6.45, 7) is 20.2. The fourth-order valence-corrected chi connectivity index (χ4v) is 7.99. The van der Waals surface area contributed by atoms with Crippen molar-refractivity contribution in [2.75, 3.05) is 4.90 Å². The highest BCUT2D eigenvalue weighted by atomic mass is 28.4. The molecule has 0 bridgehead atoms. The molecule has 2 aliphatic heterocycles. The molecular weight excluding hydrogens is 642 g/mol. The Morgan fingerprint density at radius 3 is 2.43 bits per heavy atom. The van der Waals surface area contributed by atoms with Crippen molar-refractivity contribution in [1.82, 2.24) is 19.6 Å². The van der Waals surface area contributed by atoms with Gasteiger partial charge < -0.3 is 18.6 Å². The van der Waals surface area contributed by atoms with Crippen LogP contribution in [0.3, 0.4) is 0 Å². The largest absolute Gasteiger partial charge is 0.485 e. The van der Waals surface area contributed by atoms with Gasteiger partial charge in [0.15, 0.2) is 25.5 Å². The Balaban J connectivity index is 1.38. The number of hydrogen-bond donors (Lipinski definition) is 0. The lowest BCUT2D eigenvalue weighted by Crippen LogP contribution is -2.47. The van der Waals surface area contributed by atoms with Crippen molar-refractivity contribution in [2.45, 2.75) is 109 Å². The molecule has 1 fully saturated rings. The van der Waals surface area contributed by atoms with Crippen molar-refractivity contribution >= 4 is 25.9 Å². The molecule has 0 saturated heterocycles. The second kappa shape index (κ2) is 11.0. The molecule has 3 aliphatic rings. The van der Waals surface area contributed by atoms with Gasteiger partial charge in [-0.15, -0.1) is 10.2 Å². The number of anilines is 1. The first-order chi connectivity index (χ1) is 22.9. The number of benzene rings is 1. The minimum atomic E-state index is -2.11. The molecule has 49 heavy (non-hydrogen) atoms. The van der Waals surface area contributed by atoms with Crippen LogP contribution in [0.5, 0.6) is 11.5 Å². The van der Waals surface area contributed by atoms with Gasteiger partial charge >= 0.3 is 6.09 Å². The molecule has 1 saturated carbocycles. The lowest BCUT2D eigenvalue weighted by atomic mass is 10.0. The van der Waals surface area contributed by atoms with E-state index in [0.717, 1.165) is 5.56 Å². The molecule has 10 nitrogen and oxygen atoms in total. The highest BCUT2D eigenvalue weighted by Crippen LogP contribution is 2.58. The van der Waals surface area contributed by atoms with E-state index in [1.54, 1.807) is 37.4 Å². The molecular formula is C37H42FN5O5Si. The predicted octanol–water partition coefficient (Wildman–Crippen LogP) is 7.64. The molecule has 2 unspecified atom stereocenters. The van der Waals surface area contributed by atoms with Crippen LogP contribution in [0.4, 0.5) is 15.0 Å². The predicted molar refractivity (Wildman–Crippen MR) is 186 cm³/mol. The molecule has 3 atom stereocenters. The summed E-state index contributed by atoms with van der Waals surface area (Å²) in [5.41, 5.74) is 1.87. The molecule has 0 N–H and O–H groups in total. The van der Waals surface area contributed by atoms with Gasteiger partial charge in [0.25, 0.3) is 0 Å². The maximum atomic E-state index is 15.6. The Labute approximate surface area is 287 Å². The third-order valence-corrected chi connectivity index (χ3v) is 14.2. The number of amides is 1. The van der Waals surface area contributed by atoms with Crippen LogP contribution >= 0.6 is 0 Å². The number of halogens is 1. The SMILES string of the molecule is CC(C)(C)OC(=O)N1Cc2c(F)ccc3c2[C@@H]2C(O3)C2Oc2cc(-c3cccnc3C#CC(C)(C)O[Si](C)(C)C(C)(C)C)c3nncn3c21. The number of fused-ring (bicyclic) bond motifs is 4. The van der Waals surface area contributed by atoms with Crippen LogP contribution in [0.1, 0.15) is 78.1 Å². The van der Waals surface area contributed by atoms with E-state index in [2.05, 4.69) is 60.9 Å². The molecule has 4 aromatic rings. The smallest absolute Gasteiger partial charge is 0.416 e. The van der Waals surface area contributed by atoms with Gasteiger partial charge in [-0.2, -0.15) is 0 Å². The van der Waals surface area contributed by atoms with Crippen LogP contribution in [0.2, 0.25) is 18.1 Å². The van der Waals surface area contributed by atoms with E-state index in [4.69, 9.17) is 18.6 Å². The average molecular weight is 684 g/mol. The van der Waals surface area contributed by atoms with Gasteiger partial charge in [-0.1, -0.05) is 26.7 Å². The number of carbonyl (C=O) groups excluding carboxylic acids is 1. The summed E-state index contributed by atoms with van der Waals surface area (Å²) in [7, 11) is -2.11. The topological polar surface area (TPSA) is 100 Å². The number of carbonyl (C=O) groups is 1. The van der Waals surface area contributed by atoms with Gasteiger partial charge in [0, 0.05) is 28.5 Å². The number of hydrogen-bond acceptors (Lipinski definition) is 8. The van der Waals surface area contributed by atoms with Gasteiger partial charge in [0.1, 0.15) is 47.0 Å². The van der Waals surface area contributed by atoms with Crippen molar-refractivity contribution in [1.29, 1.82) is 0 Å². The van der Waals surface area contributed by atoms with Crippen molar-refractivity contribution in [3.8, 4) is 34.5 Å². The van der Waals surface area contributed by atoms with Crippen LogP contribution in [-0.2, 0) is 15.7 Å². The Morgan fingerprint density at radius 2 is 1.73 bits per heavy atom. The number of rotatable bonds is 3. The van der Waals surface area contributed by atoms with Crippen LogP contribution < -0.4 is 14.4 Å². The lowest BCUT2D eigenvalue weighted by Gasteiger charge is -2.40. The van der Waals surface area contributed by atoms with Gasteiger partial charge in [-0.25, -0.2) is 14.2 Å². The molecule has 12 heteroatoms. The summed E-state index contributed by atoms with van der Waals surface area (Å²) >= 11 is 0. The van der Waals surface area contributed by atoms with Crippen molar-refractivity contribution in [2.24, 2.45) is 0 Å². The summed E-state index contributed by atoms with van der Waals surface area (Å²) in [4.78, 5) is 20.0. The third kappa shape index (κ3) is 5.82. The maximum Gasteiger partial charge on any atom is 0.416 e. The van der Waals surface area contributed by atoms with E-state index < -0.39 is 31.4 Å². The zero-order valence-electron chi connectivity index (χ0n) is 29.6. The molecule has 7 rings (SSSR count). The van der Waals surface area contributed by atoms with Crippen LogP contribution in [0, 0.1) is 17.7 Å². The first-order valence-corrected chi connectivity index (χ1v) is 19.5. The van der Waals surface area contributed by atoms with Crippen molar-refractivity contribution < 1.29 is 27.8 Å². The Bertz CT molecular complexity index is 2070. The molecule has 3 aromatic heterocycles. The normalized spacial score (nSPS) is 19.7. The molecule has 1 aliphatic carbocycles. The van der Waals surface area contributed by atoms with Gasteiger partial charge in [0.2, 0.25) is 0 Å². The van der Waals surface area contributed by atoms with E-state index in [-0.39, 0.29) is 29.7 Å². The van der Waals surface area contributed by atoms with E-state index in [0.29, 0.717) is 45.3 Å². The van der Waals surface area contributed by atoms with E-state index in [1.807, 2.05) is 32.0 Å². The average Bonchev–Trinajstić information content (AvgIpc) is 3.30. The molecule has 5 heterocycles. The summed E-state index contributed by atoms with van der Waals surface area (Å²) in [5, 5.41) is 8.74. The molecule has 256 valence electrons. The van der Waals surface area contributed by atoms with Gasteiger partial charge in [0.05, 0.1) is 12.5 Å². The molecule has 1 aromatic carbocycles. The first-order valence-electron chi connectivity index (χ1n) is 16.6. The zero-order valence-corrected chi connectivity index (χ0v) is 30.6. The third-order valence-electron chi connectivity index (χ3n) is 9.60. The van der Waals surface area contributed by atoms with Crippen molar-refractivity contribution in [3.05, 3.63) is 65.5 Å². The van der Waals surface area contributed by atoms with E-state index in [1.165, 1.54) is 17.3 Å². The quantitative estimate of drug-likeness (QED) is 0.161. The van der Waals surface area contributed by atoms with Crippen LogP contribution in [-0.4, -0.2) is 57.4 Å². The summed E-state index contributed by atoms with van der Waals surface area (Å²) in [5.74, 6) is 7.32. The summed E-state index contributed by atoms with van der Waals surface area (Å²) in [6.07, 6.45) is 1.90. The minimum absolute atomic E-state index is 0.0218. The Morgan fingerprint density at radius 1 is 1.02 bits per heavy atom. The van der Waals surface area contributed by atoms with Crippen molar-refractivity contribution in [3.63, 3.8) is 0 Å². The van der Waals surface area contributed by atoms with Crippen LogP contribution in [0.25, 0.3) is 16.8 Å². The van der Waals surface area contributed by atoms with E-state index in [9.17, 15) is 4.79 Å². The number of aromatic nitrogens is 4. The fourth-order valence-electron chi connectivity index (χ4n) is 6.35. The van der Waals surface area contributed by atoms with Gasteiger partial charge in [-0.3, -0.25) is 9.30 Å². The maximum absolute atomic E-state index is 15.6. The molecule has 1 amide bonds. The fraction of sp³-hybridized carbons (Fsp3) is 0.459. The monoisotopic (exact) mass is 683 g/mol. The van der Waals surface area contributed by atoms with Crippen LogP contribution in [0.15, 0.2) is 42.9 Å². The van der Waals surface area contributed by atoms with Gasteiger partial charge in [-0.05, 0) is 89.0 Å². The van der Waals surface area contributed by atoms with E-state index >= 15 is 4.39 Å². The highest BCUT2D eigenvalue weighted by Gasteiger charge is 2.63. The number of ether oxygens (including phenoxy) is 3. The standard InChI is InChI=1S/C37H42FN5O5Si/c1-35(2,3)47-34(44)42-19-23-24(38)13-14-26-28(23)29-30(45-26)31(29)46-27-18-22(32-41-40-20-43(32)33(27)42)21-12-11-17-39-25(21)15-16-37(7,8)48-49(9,10)36(4,5)6/h11-14,17-18,20,29-31H,19H2,1-10H3/t29-,30?,31?/m1/s1.